The third-order valence-corrected chi connectivity index (χ3v) is 6.24. The summed E-state index contributed by atoms with van der Waals surface area (Å²) >= 11 is 0. The molecule has 1 fully saturated rings. The van der Waals surface area contributed by atoms with E-state index in [9.17, 15) is 4.79 Å². The zero-order valence-corrected chi connectivity index (χ0v) is 20.4. The Kier molecular flexibility index (Phi) is 5.46. The van der Waals surface area contributed by atoms with E-state index >= 15 is 0 Å². The number of ether oxygens (including phenoxy) is 1. The van der Waals surface area contributed by atoms with Gasteiger partial charge in [0.1, 0.15) is 11.1 Å². The van der Waals surface area contributed by atoms with Crippen LogP contribution in [-0.4, -0.2) is 54.2 Å². The lowest BCUT2D eigenvalue weighted by molar-refractivity contribution is 0.0205. The standard InChI is InChI=1S/C26H30N6O2/c1-16-14-32-15-20(13-23(32)17(2)27-16)24-28-21-7-6-19(12-22(21)29-30-24)18-8-10-31(11-9-18)25(33)34-26(3,4)5/h6-7,12-15,18H,8-11H2,1-5H3. The molecule has 0 spiro atoms. The molecule has 8 nitrogen and oxygen atoms in total. The normalized spacial score (nSPS) is 15.3. The van der Waals surface area contributed by atoms with Crippen molar-refractivity contribution < 1.29 is 9.53 Å². The Bertz CT molecular complexity index is 1380. The first-order valence-corrected chi connectivity index (χ1v) is 11.7. The van der Waals surface area contributed by atoms with Crippen molar-refractivity contribution in [2.75, 3.05) is 13.1 Å². The number of hydrogen-bond acceptors (Lipinski definition) is 6. The van der Waals surface area contributed by atoms with E-state index in [1.165, 1.54) is 5.56 Å². The second-order valence-electron chi connectivity index (χ2n) is 10.1. The zero-order valence-electron chi connectivity index (χ0n) is 20.4. The van der Waals surface area contributed by atoms with E-state index in [0.29, 0.717) is 24.8 Å². The van der Waals surface area contributed by atoms with Gasteiger partial charge in [0.25, 0.3) is 0 Å². The van der Waals surface area contributed by atoms with E-state index in [0.717, 1.165) is 46.3 Å². The molecule has 5 rings (SSSR count). The smallest absolute Gasteiger partial charge is 0.410 e. The molecule has 1 aliphatic rings. The molecule has 4 heterocycles. The van der Waals surface area contributed by atoms with Crippen LogP contribution in [0.2, 0.25) is 0 Å². The van der Waals surface area contributed by atoms with Crippen LogP contribution in [0.25, 0.3) is 27.9 Å². The van der Waals surface area contributed by atoms with Crippen LogP contribution in [0.3, 0.4) is 0 Å². The molecule has 1 amide bonds. The molecule has 0 atom stereocenters. The Balaban J connectivity index is 1.33. The average molecular weight is 459 g/mol. The van der Waals surface area contributed by atoms with Crippen molar-refractivity contribution in [2.24, 2.45) is 0 Å². The fourth-order valence-electron chi connectivity index (χ4n) is 4.60. The highest BCUT2D eigenvalue weighted by Gasteiger charge is 2.27. The van der Waals surface area contributed by atoms with Gasteiger partial charge < -0.3 is 14.0 Å². The van der Waals surface area contributed by atoms with Crippen LogP contribution in [0, 0.1) is 13.8 Å². The number of benzene rings is 1. The fraction of sp³-hybridized carbons (Fsp3) is 0.423. The third kappa shape index (κ3) is 4.44. The summed E-state index contributed by atoms with van der Waals surface area (Å²) in [5.41, 5.74) is 6.25. The van der Waals surface area contributed by atoms with Gasteiger partial charge in [-0.1, -0.05) is 6.07 Å². The number of carbonyl (C=O) groups excluding carboxylic acids is 1. The van der Waals surface area contributed by atoms with Gasteiger partial charge in [0, 0.05) is 31.0 Å². The minimum atomic E-state index is -0.473. The quantitative estimate of drug-likeness (QED) is 0.417. The molecular formula is C26H30N6O2. The number of aryl methyl sites for hydroxylation is 2. The van der Waals surface area contributed by atoms with Crippen LogP contribution < -0.4 is 0 Å². The van der Waals surface area contributed by atoms with E-state index in [1.54, 1.807) is 4.90 Å². The van der Waals surface area contributed by atoms with Gasteiger partial charge in [0.15, 0.2) is 5.82 Å². The van der Waals surface area contributed by atoms with E-state index in [2.05, 4.69) is 37.8 Å². The van der Waals surface area contributed by atoms with Gasteiger partial charge in [0.2, 0.25) is 0 Å². The fourth-order valence-corrected chi connectivity index (χ4v) is 4.60. The van der Waals surface area contributed by atoms with Gasteiger partial charge >= 0.3 is 6.09 Å². The Labute approximate surface area is 199 Å². The summed E-state index contributed by atoms with van der Waals surface area (Å²) in [6.45, 7) is 11.1. The number of rotatable bonds is 2. The van der Waals surface area contributed by atoms with E-state index in [1.807, 2.05) is 53.1 Å². The predicted octanol–water partition coefficient (Wildman–Crippen LogP) is 5.07. The molecule has 0 saturated carbocycles. The third-order valence-electron chi connectivity index (χ3n) is 6.24. The van der Waals surface area contributed by atoms with Gasteiger partial charge in [-0.25, -0.2) is 9.78 Å². The molecule has 0 N–H and O–H groups in total. The highest BCUT2D eigenvalue weighted by molar-refractivity contribution is 5.77. The number of hydrogen-bond donors (Lipinski definition) is 0. The van der Waals surface area contributed by atoms with Crippen molar-refractivity contribution in [3.63, 3.8) is 0 Å². The van der Waals surface area contributed by atoms with E-state index in [4.69, 9.17) is 9.72 Å². The van der Waals surface area contributed by atoms with Crippen LogP contribution in [0.4, 0.5) is 4.79 Å². The Morgan fingerprint density at radius 3 is 2.50 bits per heavy atom. The summed E-state index contributed by atoms with van der Waals surface area (Å²) in [6.07, 6.45) is 5.58. The van der Waals surface area contributed by atoms with Crippen LogP contribution in [0.15, 0.2) is 36.7 Å². The van der Waals surface area contributed by atoms with Crippen molar-refractivity contribution in [1.82, 2.24) is 29.5 Å². The number of likely N-dealkylation sites (tertiary alicyclic amines) is 1. The summed E-state index contributed by atoms with van der Waals surface area (Å²) in [7, 11) is 0. The van der Waals surface area contributed by atoms with Crippen molar-refractivity contribution in [2.45, 2.75) is 59.0 Å². The molecule has 1 aromatic carbocycles. The number of nitrogens with zero attached hydrogens (tertiary/aromatic N) is 6. The summed E-state index contributed by atoms with van der Waals surface area (Å²) in [4.78, 5) is 23.5. The first-order valence-electron chi connectivity index (χ1n) is 11.7. The number of aromatic nitrogens is 5. The predicted molar refractivity (Wildman–Crippen MR) is 131 cm³/mol. The summed E-state index contributed by atoms with van der Waals surface area (Å²) in [5.74, 6) is 0.978. The largest absolute Gasteiger partial charge is 0.444 e. The van der Waals surface area contributed by atoms with Crippen LogP contribution >= 0.6 is 0 Å². The Morgan fingerprint density at radius 2 is 1.76 bits per heavy atom. The van der Waals surface area contributed by atoms with Crippen LogP contribution in [-0.2, 0) is 4.74 Å². The lowest BCUT2D eigenvalue weighted by Gasteiger charge is -2.33. The van der Waals surface area contributed by atoms with E-state index in [-0.39, 0.29) is 6.09 Å². The molecule has 0 unspecified atom stereocenters. The lowest BCUT2D eigenvalue weighted by atomic mass is 9.89. The number of carbonyl (C=O) groups is 1. The molecule has 176 valence electrons. The molecular weight excluding hydrogens is 428 g/mol. The number of amides is 1. The van der Waals surface area contributed by atoms with Gasteiger partial charge in [-0.15, -0.1) is 10.2 Å². The van der Waals surface area contributed by atoms with Gasteiger partial charge in [-0.05, 0) is 77.1 Å². The van der Waals surface area contributed by atoms with Crippen LogP contribution in [0.5, 0.6) is 0 Å². The molecule has 34 heavy (non-hydrogen) atoms. The first kappa shape index (κ1) is 22.3. The maximum absolute atomic E-state index is 12.3. The minimum absolute atomic E-state index is 0.230. The SMILES string of the molecule is Cc1cn2cc(-c3nnc4cc(C5CCN(C(=O)OC(C)(C)C)CC5)ccc4n3)cc2c(C)n1. The van der Waals surface area contributed by atoms with Crippen molar-refractivity contribution in [3.8, 4) is 11.4 Å². The number of piperidine rings is 1. The van der Waals surface area contributed by atoms with Crippen molar-refractivity contribution in [3.05, 3.63) is 53.6 Å². The molecule has 0 bridgehead atoms. The minimum Gasteiger partial charge on any atom is -0.444 e. The molecule has 0 aliphatic carbocycles. The second-order valence-corrected chi connectivity index (χ2v) is 10.1. The van der Waals surface area contributed by atoms with Crippen molar-refractivity contribution in [1.29, 1.82) is 0 Å². The molecule has 1 saturated heterocycles. The van der Waals surface area contributed by atoms with Gasteiger partial charge in [-0.2, -0.15) is 0 Å². The highest BCUT2D eigenvalue weighted by Crippen LogP contribution is 2.30. The molecule has 1 aliphatic heterocycles. The zero-order chi connectivity index (χ0) is 24.0. The average Bonchev–Trinajstić information content (AvgIpc) is 3.22. The Morgan fingerprint density at radius 1 is 1.00 bits per heavy atom. The molecule has 0 radical (unpaired) electrons. The summed E-state index contributed by atoms with van der Waals surface area (Å²) in [5, 5.41) is 8.90. The molecule has 4 aromatic rings. The summed E-state index contributed by atoms with van der Waals surface area (Å²) < 4.78 is 7.57. The van der Waals surface area contributed by atoms with Crippen LogP contribution in [0.1, 0.15) is 56.5 Å². The lowest BCUT2D eigenvalue weighted by Crippen LogP contribution is -2.41. The van der Waals surface area contributed by atoms with Crippen molar-refractivity contribution >= 4 is 22.6 Å². The van der Waals surface area contributed by atoms with Gasteiger partial charge in [-0.3, -0.25) is 4.98 Å². The Hall–Kier alpha value is -3.55. The summed E-state index contributed by atoms with van der Waals surface area (Å²) in [6, 6.07) is 8.29. The first-order chi connectivity index (χ1) is 16.2. The highest BCUT2D eigenvalue weighted by atomic mass is 16.6. The monoisotopic (exact) mass is 458 g/mol. The second kappa shape index (κ2) is 8.34. The molecule has 8 heteroatoms. The van der Waals surface area contributed by atoms with Gasteiger partial charge in [0.05, 0.1) is 22.4 Å². The number of fused-ring (bicyclic) bond motifs is 2. The topological polar surface area (TPSA) is 85.5 Å². The maximum Gasteiger partial charge on any atom is 0.410 e. The maximum atomic E-state index is 12.3. The van der Waals surface area contributed by atoms with E-state index < -0.39 is 5.60 Å². The molecule has 3 aromatic heterocycles.